The van der Waals surface area contributed by atoms with Crippen LogP contribution in [-0.2, 0) is 0 Å². The van der Waals surface area contributed by atoms with Gasteiger partial charge in [-0.3, -0.25) is 0 Å². The van der Waals surface area contributed by atoms with Crippen molar-refractivity contribution in [3.8, 4) is 5.75 Å². The van der Waals surface area contributed by atoms with Gasteiger partial charge in [-0.15, -0.1) is 11.6 Å². The zero-order valence-corrected chi connectivity index (χ0v) is 12.0. The van der Waals surface area contributed by atoms with Crippen molar-refractivity contribution in [1.82, 2.24) is 4.98 Å². The number of halogens is 1. The number of hydrogen-bond donors (Lipinski definition) is 2. The van der Waals surface area contributed by atoms with Gasteiger partial charge in [0.15, 0.2) is 0 Å². The first-order valence-electron chi connectivity index (χ1n) is 6.50. The molecule has 0 saturated carbocycles. The molecule has 0 amide bonds. The highest BCUT2D eigenvalue weighted by molar-refractivity contribution is 6.18. The van der Waals surface area contributed by atoms with Crippen molar-refractivity contribution in [2.75, 3.05) is 11.2 Å². The number of phenolic OH excluding ortho intramolecular Hbond substituents is 1. The third-order valence-corrected chi connectivity index (χ3v) is 3.41. The first kappa shape index (κ1) is 13.9. The molecule has 3 nitrogen and oxygen atoms in total. The Bertz CT molecular complexity index is 557. The lowest BCUT2D eigenvalue weighted by molar-refractivity contribution is 0.476. The minimum absolute atomic E-state index is 0.183. The van der Waals surface area contributed by atoms with Crippen LogP contribution in [0.4, 0.5) is 5.82 Å². The van der Waals surface area contributed by atoms with Crippen LogP contribution in [0.5, 0.6) is 5.75 Å². The SMILES string of the molecule is CC(C)CC(CCl)Nc1nccc2ccc(O)cc12. The second-order valence-corrected chi connectivity index (χ2v) is 5.50. The minimum atomic E-state index is 0.183. The number of nitrogens with one attached hydrogen (secondary N) is 1. The van der Waals surface area contributed by atoms with E-state index in [4.69, 9.17) is 11.6 Å². The van der Waals surface area contributed by atoms with Crippen molar-refractivity contribution < 1.29 is 5.11 Å². The summed E-state index contributed by atoms with van der Waals surface area (Å²) in [4.78, 5) is 4.36. The molecule has 102 valence electrons. The van der Waals surface area contributed by atoms with Crippen molar-refractivity contribution in [3.05, 3.63) is 30.5 Å². The van der Waals surface area contributed by atoms with Gasteiger partial charge in [0.2, 0.25) is 0 Å². The van der Waals surface area contributed by atoms with Gasteiger partial charge in [0.25, 0.3) is 0 Å². The van der Waals surface area contributed by atoms with E-state index in [0.29, 0.717) is 11.8 Å². The number of alkyl halides is 1. The van der Waals surface area contributed by atoms with Gasteiger partial charge >= 0.3 is 0 Å². The number of anilines is 1. The van der Waals surface area contributed by atoms with Crippen LogP contribution in [0.3, 0.4) is 0 Å². The molecule has 0 bridgehead atoms. The number of aromatic nitrogens is 1. The van der Waals surface area contributed by atoms with E-state index in [1.165, 1.54) is 0 Å². The van der Waals surface area contributed by atoms with Gasteiger partial charge in [0.05, 0.1) is 0 Å². The first-order chi connectivity index (χ1) is 9.10. The molecule has 1 heterocycles. The highest BCUT2D eigenvalue weighted by atomic mass is 35.5. The maximum Gasteiger partial charge on any atom is 0.134 e. The van der Waals surface area contributed by atoms with Crippen molar-refractivity contribution in [2.45, 2.75) is 26.3 Å². The fraction of sp³-hybridized carbons (Fsp3) is 0.400. The van der Waals surface area contributed by atoms with Crippen molar-refractivity contribution in [3.63, 3.8) is 0 Å². The molecule has 4 heteroatoms. The Balaban J connectivity index is 2.31. The van der Waals surface area contributed by atoms with Crippen LogP contribution in [0, 0.1) is 5.92 Å². The third-order valence-electron chi connectivity index (χ3n) is 3.03. The number of aromatic hydroxyl groups is 1. The van der Waals surface area contributed by atoms with Crippen molar-refractivity contribution in [2.24, 2.45) is 5.92 Å². The van der Waals surface area contributed by atoms with Gasteiger partial charge in [0.1, 0.15) is 11.6 Å². The van der Waals surface area contributed by atoms with Gasteiger partial charge in [-0.05, 0) is 35.9 Å². The summed E-state index contributed by atoms with van der Waals surface area (Å²) in [5.74, 6) is 2.13. The van der Waals surface area contributed by atoms with E-state index < -0.39 is 0 Å². The Morgan fingerprint density at radius 2 is 2.11 bits per heavy atom. The third kappa shape index (κ3) is 3.51. The fourth-order valence-electron chi connectivity index (χ4n) is 2.19. The normalized spacial score (nSPS) is 12.8. The molecule has 0 aliphatic carbocycles. The number of rotatable bonds is 5. The van der Waals surface area contributed by atoms with E-state index in [9.17, 15) is 5.11 Å². The van der Waals surface area contributed by atoms with Crippen LogP contribution in [0.25, 0.3) is 10.8 Å². The number of nitrogens with zero attached hydrogens (tertiary/aromatic N) is 1. The molecule has 2 N–H and O–H groups in total. The maximum absolute atomic E-state index is 9.61. The minimum Gasteiger partial charge on any atom is -0.508 e. The van der Waals surface area contributed by atoms with Crippen LogP contribution in [-0.4, -0.2) is 22.0 Å². The molecule has 0 spiro atoms. The molecule has 2 rings (SSSR count). The summed E-state index contributed by atoms with van der Waals surface area (Å²) in [6.45, 7) is 4.34. The Morgan fingerprint density at radius 3 is 2.79 bits per heavy atom. The standard InChI is InChI=1S/C15H19ClN2O/c1-10(2)7-12(9-16)18-15-14-8-13(19)4-3-11(14)5-6-17-15/h3-6,8,10,12,19H,7,9H2,1-2H3,(H,17,18). The summed E-state index contributed by atoms with van der Waals surface area (Å²) < 4.78 is 0. The van der Waals surface area contributed by atoms with Gasteiger partial charge in [-0.25, -0.2) is 4.98 Å². The lowest BCUT2D eigenvalue weighted by Gasteiger charge is -2.19. The largest absolute Gasteiger partial charge is 0.508 e. The molecular weight excluding hydrogens is 260 g/mol. The smallest absolute Gasteiger partial charge is 0.134 e. The van der Waals surface area contributed by atoms with Gasteiger partial charge in [-0.2, -0.15) is 0 Å². The van der Waals surface area contributed by atoms with E-state index in [1.807, 2.05) is 12.1 Å². The first-order valence-corrected chi connectivity index (χ1v) is 7.04. The highest BCUT2D eigenvalue weighted by Crippen LogP contribution is 2.26. The summed E-state index contributed by atoms with van der Waals surface area (Å²) in [6.07, 6.45) is 2.75. The number of pyridine rings is 1. The number of phenols is 1. The van der Waals surface area contributed by atoms with E-state index in [0.717, 1.165) is 23.0 Å². The van der Waals surface area contributed by atoms with Crippen LogP contribution in [0.1, 0.15) is 20.3 Å². The number of hydrogen-bond acceptors (Lipinski definition) is 3. The average Bonchev–Trinajstić information content (AvgIpc) is 2.38. The molecule has 0 radical (unpaired) electrons. The molecule has 0 aliphatic rings. The fourth-order valence-corrected chi connectivity index (χ4v) is 2.40. The molecule has 0 aliphatic heterocycles. The summed E-state index contributed by atoms with van der Waals surface area (Å²) in [7, 11) is 0. The van der Waals surface area contributed by atoms with Crippen LogP contribution in [0.2, 0.25) is 0 Å². The zero-order valence-electron chi connectivity index (χ0n) is 11.2. The molecule has 19 heavy (non-hydrogen) atoms. The van der Waals surface area contributed by atoms with Crippen molar-refractivity contribution >= 4 is 28.2 Å². The Labute approximate surface area is 118 Å². The molecule has 1 aromatic heterocycles. The van der Waals surface area contributed by atoms with E-state index in [-0.39, 0.29) is 11.8 Å². The Hall–Kier alpha value is -1.48. The van der Waals surface area contributed by atoms with Crippen LogP contribution in [0.15, 0.2) is 30.5 Å². The lowest BCUT2D eigenvalue weighted by Crippen LogP contribution is -2.24. The Morgan fingerprint density at radius 1 is 1.32 bits per heavy atom. The predicted octanol–water partition coefficient (Wildman–Crippen LogP) is 4.01. The number of benzene rings is 1. The van der Waals surface area contributed by atoms with E-state index in [2.05, 4.69) is 24.1 Å². The predicted molar refractivity (Wildman–Crippen MR) is 81.0 cm³/mol. The second-order valence-electron chi connectivity index (χ2n) is 5.19. The topological polar surface area (TPSA) is 45.2 Å². The average molecular weight is 279 g/mol. The second kappa shape index (κ2) is 6.11. The van der Waals surface area contributed by atoms with Gasteiger partial charge in [-0.1, -0.05) is 19.9 Å². The summed E-state index contributed by atoms with van der Waals surface area (Å²) in [5.41, 5.74) is 0. The maximum atomic E-state index is 9.61. The monoisotopic (exact) mass is 278 g/mol. The highest BCUT2D eigenvalue weighted by Gasteiger charge is 2.12. The van der Waals surface area contributed by atoms with Crippen LogP contribution < -0.4 is 5.32 Å². The van der Waals surface area contributed by atoms with Crippen molar-refractivity contribution in [1.29, 1.82) is 0 Å². The molecule has 1 unspecified atom stereocenters. The summed E-state index contributed by atoms with van der Waals surface area (Å²) >= 11 is 6.00. The lowest BCUT2D eigenvalue weighted by atomic mass is 10.0. The molecule has 0 saturated heterocycles. The number of fused-ring (bicyclic) bond motifs is 1. The summed E-state index contributed by atoms with van der Waals surface area (Å²) in [6, 6.07) is 7.40. The van der Waals surface area contributed by atoms with E-state index >= 15 is 0 Å². The molecule has 1 aromatic carbocycles. The van der Waals surface area contributed by atoms with Crippen LogP contribution >= 0.6 is 11.6 Å². The molecule has 2 aromatic rings. The molecular formula is C15H19ClN2O. The van der Waals surface area contributed by atoms with Gasteiger partial charge in [0, 0.05) is 23.5 Å². The van der Waals surface area contributed by atoms with E-state index in [1.54, 1.807) is 18.3 Å². The van der Waals surface area contributed by atoms with Gasteiger partial charge < -0.3 is 10.4 Å². The zero-order chi connectivity index (χ0) is 13.8. The Kier molecular flexibility index (Phi) is 4.48. The molecule has 0 fully saturated rings. The quantitative estimate of drug-likeness (QED) is 0.813. The summed E-state index contributed by atoms with van der Waals surface area (Å²) in [5, 5.41) is 15.0. The molecule has 1 atom stereocenters.